The second-order valence-corrected chi connectivity index (χ2v) is 4.85. The lowest BCUT2D eigenvalue weighted by Gasteiger charge is -2.18. The van der Waals surface area contributed by atoms with E-state index >= 15 is 0 Å². The highest BCUT2D eigenvalue weighted by atomic mass is 16.6. The fourth-order valence-electron chi connectivity index (χ4n) is 2.50. The Balaban J connectivity index is 2.16. The first-order chi connectivity index (χ1) is 9.72. The highest BCUT2D eigenvalue weighted by Crippen LogP contribution is 2.33. The van der Waals surface area contributed by atoms with Gasteiger partial charge in [0, 0.05) is 23.0 Å². The normalized spacial score (nSPS) is 13.4. The Morgan fingerprint density at radius 3 is 2.55 bits per heavy atom. The molecule has 1 aliphatic heterocycles. The van der Waals surface area contributed by atoms with E-state index in [0.717, 1.165) is 30.5 Å². The fraction of sp³-hybridized carbons (Fsp3) is 0.250. The van der Waals surface area contributed by atoms with Crippen molar-refractivity contribution in [2.24, 2.45) is 0 Å². The number of esters is 2. The molecule has 0 saturated carbocycles. The minimum Gasteiger partial charge on any atom is -0.386 e. The lowest BCUT2D eigenvalue weighted by Crippen LogP contribution is -2.19. The number of nitrogens with one attached hydrogen (secondary N) is 1. The first kappa shape index (κ1) is 12.7. The maximum absolute atomic E-state index is 11.8. The van der Waals surface area contributed by atoms with Crippen LogP contribution in [0.2, 0.25) is 0 Å². The summed E-state index contributed by atoms with van der Waals surface area (Å²) >= 11 is 0. The van der Waals surface area contributed by atoms with Gasteiger partial charge in [0.05, 0.1) is 11.1 Å². The number of cyclic esters (lactones) is 2. The highest BCUT2D eigenvalue weighted by Gasteiger charge is 2.27. The van der Waals surface area contributed by atoms with Crippen LogP contribution in [0.3, 0.4) is 0 Å². The van der Waals surface area contributed by atoms with Crippen molar-refractivity contribution in [2.45, 2.75) is 19.8 Å². The van der Waals surface area contributed by atoms with E-state index in [1.54, 1.807) is 12.1 Å². The summed E-state index contributed by atoms with van der Waals surface area (Å²) in [6.07, 6.45) is 2.18. The average molecular weight is 269 g/mol. The molecule has 0 aliphatic carbocycles. The Morgan fingerprint density at radius 2 is 1.80 bits per heavy atom. The summed E-state index contributed by atoms with van der Waals surface area (Å²) in [5, 5.41) is 4.94. The van der Waals surface area contributed by atoms with Gasteiger partial charge in [0.15, 0.2) is 0 Å². The van der Waals surface area contributed by atoms with Gasteiger partial charge in [-0.05, 0) is 24.6 Å². The maximum Gasteiger partial charge on any atom is 0.346 e. The molecule has 0 amide bonds. The molecular weight excluding hydrogens is 254 g/mol. The van der Waals surface area contributed by atoms with Crippen LogP contribution in [-0.4, -0.2) is 18.5 Å². The van der Waals surface area contributed by atoms with Crippen molar-refractivity contribution >= 4 is 28.4 Å². The van der Waals surface area contributed by atoms with Gasteiger partial charge < -0.3 is 10.1 Å². The second-order valence-electron chi connectivity index (χ2n) is 4.85. The van der Waals surface area contributed by atoms with Gasteiger partial charge in [-0.1, -0.05) is 25.5 Å². The van der Waals surface area contributed by atoms with Gasteiger partial charge in [0.2, 0.25) is 0 Å². The minimum atomic E-state index is -0.571. The predicted molar refractivity (Wildman–Crippen MR) is 77.1 cm³/mol. The molecule has 102 valence electrons. The third-order valence-electron chi connectivity index (χ3n) is 3.51. The van der Waals surface area contributed by atoms with E-state index in [-0.39, 0.29) is 0 Å². The van der Waals surface area contributed by atoms with E-state index in [2.05, 4.69) is 12.2 Å². The first-order valence-corrected chi connectivity index (χ1v) is 6.78. The number of carbonyl (C=O) groups excluding carboxylic acids is 2. The summed E-state index contributed by atoms with van der Waals surface area (Å²) in [4.78, 5) is 23.6. The number of anilines is 1. The number of rotatable bonds is 4. The van der Waals surface area contributed by atoms with Gasteiger partial charge in [-0.25, -0.2) is 9.59 Å². The Morgan fingerprint density at radius 1 is 1.05 bits per heavy atom. The van der Waals surface area contributed by atoms with E-state index in [0.29, 0.717) is 16.5 Å². The molecule has 2 aromatic rings. The number of carbonyl (C=O) groups is 2. The van der Waals surface area contributed by atoms with Gasteiger partial charge in [0.25, 0.3) is 0 Å². The summed E-state index contributed by atoms with van der Waals surface area (Å²) < 4.78 is 4.74. The summed E-state index contributed by atoms with van der Waals surface area (Å²) in [6.45, 7) is 3.00. The smallest absolute Gasteiger partial charge is 0.346 e. The molecule has 0 radical (unpaired) electrons. The molecule has 4 nitrogen and oxygen atoms in total. The van der Waals surface area contributed by atoms with Crippen LogP contribution in [0.4, 0.5) is 5.69 Å². The molecule has 1 aliphatic rings. The summed E-state index contributed by atoms with van der Waals surface area (Å²) in [5.74, 6) is -1.14. The van der Waals surface area contributed by atoms with E-state index < -0.39 is 11.9 Å². The van der Waals surface area contributed by atoms with E-state index in [1.807, 2.05) is 18.2 Å². The molecule has 2 aromatic carbocycles. The monoisotopic (exact) mass is 269 g/mol. The fourth-order valence-corrected chi connectivity index (χ4v) is 2.50. The van der Waals surface area contributed by atoms with Crippen molar-refractivity contribution in [1.82, 2.24) is 0 Å². The molecule has 3 rings (SSSR count). The van der Waals surface area contributed by atoms with Crippen LogP contribution in [0, 0.1) is 0 Å². The molecule has 0 unspecified atom stereocenters. The number of hydrogen-bond acceptors (Lipinski definition) is 4. The topological polar surface area (TPSA) is 55.4 Å². The molecule has 1 heterocycles. The van der Waals surface area contributed by atoms with Crippen LogP contribution < -0.4 is 5.32 Å². The first-order valence-electron chi connectivity index (χ1n) is 6.78. The Hall–Kier alpha value is -2.36. The molecule has 0 bridgehead atoms. The molecular formula is C16H15NO3. The Kier molecular flexibility index (Phi) is 3.14. The highest BCUT2D eigenvalue weighted by molar-refractivity contribution is 6.22. The van der Waals surface area contributed by atoms with Gasteiger partial charge in [-0.3, -0.25) is 0 Å². The molecule has 20 heavy (non-hydrogen) atoms. The Bertz CT molecular complexity index is 686. The third kappa shape index (κ3) is 1.93. The molecule has 0 saturated heterocycles. The third-order valence-corrected chi connectivity index (χ3v) is 3.51. The van der Waals surface area contributed by atoms with Crippen LogP contribution in [0.25, 0.3) is 10.8 Å². The molecule has 0 atom stereocenters. The SMILES string of the molecule is CCCCNc1ccc2c3c(cccc13)C(=O)OC2=O. The van der Waals surface area contributed by atoms with Crippen molar-refractivity contribution < 1.29 is 14.3 Å². The zero-order valence-electron chi connectivity index (χ0n) is 11.2. The number of unbranched alkanes of at least 4 members (excludes halogenated alkanes) is 1. The Labute approximate surface area is 116 Å². The van der Waals surface area contributed by atoms with Gasteiger partial charge >= 0.3 is 11.9 Å². The molecule has 4 heteroatoms. The van der Waals surface area contributed by atoms with E-state index in [9.17, 15) is 9.59 Å². The van der Waals surface area contributed by atoms with Crippen molar-refractivity contribution in [3.05, 3.63) is 41.5 Å². The van der Waals surface area contributed by atoms with Crippen LogP contribution in [0.5, 0.6) is 0 Å². The van der Waals surface area contributed by atoms with Crippen molar-refractivity contribution in [1.29, 1.82) is 0 Å². The standard InChI is InChI=1S/C16H15NO3/c1-2-3-9-17-13-8-7-12-14-10(13)5-4-6-11(14)15(18)20-16(12)19/h4-8,17H,2-3,9H2,1H3. The van der Waals surface area contributed by atoms with Crippen molar-refractivity contribution in [3.63, 3.8) is 0 Å². The second kappa shape index (κ2) is 4.96. The minimum absolute atomic E-state index is 0.455. The van der Waals surface area contributed by atoms with E-state index in [1.165, 1.54) is 0 Å². The molecule has 0 aromatic heterocycles. The summed E-state index contributed by atoms with van der Waals surface area (Å²) in [6, 6.07) is 9.01. The lowest BCUT2D eigenvalue weighted by atomic mass is 9.96. The van der Waals surface area contributed by atoms with Crippen LogP contribution in [0.1, 0.15) is 40.5 Å². The van der Waals surface area contributed by atoms with Crippen molar-refractivity contribution in [2.75, 3.05) is 11.9 Å². The van der Waals surface area contributed by atoms with Crippen LogP contribution >= 0.6 is 0 Å². The van der Waals surface area contributed by atoms with Crippen LogP contribution in [0.15, 0.2) is 30.3 Å². The maximum atomic E-state index is 11.8. The summed E-state index contributed by atoms with van der Waals surface area (Å²) in [7, 11) is 0. The van der Waals surface area contributed by atoms with Gasteiger partial charge in [0.1, 0.15) is 0 Å². The predicted octanol–water partition coefficient (Wildman–Crippen LogP) is 3.36. The summed E-state index contributed by atoms with van der Waals surface area (Å²) in [5.41, 5.74) is 1.86. The van der Waals surface area contributed by atoms with Crippen LogP contribution in [-0.2, 0) is 4.74 Å². The average Bonchev–Trinajstić information content (AvgIpc) is 2.45. The molecule has 0 fully saturated rings. The number of benzene rings is 2. The number of hydrogen-bond donors (Lipinski definition) is 1. The van der Waals surface area contributed by atoms with Gasteiger partial charge in [-0.2, -0.15) is 0 Å². The largest absolute Gasteiger partial charge is 0.386 e. The lowest BCUT2D eigenvalue weighted by molar-refractivity contribution is 0.0391. The molecule has 1 N–H and O–H groups in total. The quantitative estimate of drug-likeness (QED) is 0.525. The van der Waals surface area contributed by atoms with Crippen molar-refractivity contribution in [3.8, 4) is 0 Å². The molecule has 0 spiro atoms. The zero-order chi connectivity index (χ0) is 14.1. The zero-order valence-corrected chi connectivity index (χ0v) is 11.2. The number of ether oxygens (including phenoxy) is 1. The van der Waals surface area contributed by atoms with E-state index in [4.69, 9.17) is 4.74 Å². The van der Waals surface area contributed by atoms with Gasteiger partial charge in [-0.15, -0.1) is 0 Å².